The van der Waals surface area contributed by atoms with Gasteiger partial charge in [0, 0.05) is 12.1 Å². The van der Waals surface area contributed by atoms with Crippen molar-refractivity contribution in [2.75, 3.05) is 27.9 Å². The smallest absolute Gasteiger partial charge is 0.285 e. The van der Waals surface area contributed by atoms with Crippen LogP contribution in [0.4, 0.5) is 4.48 Å². The maximum atomic E-state index is 11.8. The van der Waals surface area contributed by atoms with Crippen LogP contribution in [0, 0.1) is 0 Å². The van der Waals surface area contributed by atoms with E-state index < -0.39 is 12.5 Å². The molecule has 6 nitrogen and oxygen atoms in total. The van der Waals surface area contributed by atoms with Crippen LogP contribution < -0.4 is 24.5 Å². The van der Waals surface area contributed by atoms with E-state index in [1.165, 1.54) is 33.5 Å². The minimum Gasteiger partial charge on any atom is -0.493 e. The van der Waals surface area contributed by atoms with Gasteiger partial charge in [0.1, 0.15) is 5.75 Å². The maximum Gasteiger partial charge on any atom is 0.285 e. The Morgan fingerprint density at radius 2 is 1.72 bits per heavy atom. The van der Waals surface area contributed by atoms with E-state index in [0.29, 0.717) is 23.0 Å². The summed E-state index contributed by atoms with van der Waals surface area (Å²) in [6, 6.07) is 3.01. The van der Waals surface area contributed by atoms with Crippen molar-refractivity contribution in [3.8, 4) is 23.0 Å². The highest BCUT2D eigenvalue weighted by molar-refractivity contribution is 5.76. The highest BCUT2D eigenvalue weighted by Crippen LogP contribution is 2.40. The summed E-state index contributed by atoms with van der Waals surface area (Å²) in [5.74, 6) is 0.583. The standard InChI is InChI=1S/C11H14FNO5/c1-15-8-4-7(18-6-10(14)13-12)5-9(16-2)11(8)17-3/h4-5H,6H2,1-3H3,(H,13,14). The zero-order valence-electron chi connectivity index (χ0n) is 10.3. The van der Waals surface area contributed by atoms with Crippen LogP contribution in [0.1, 0.15) is 0 Å². The summed E-state index contributed by atoms with van der Waals surface area (Å²) in [5.41, 5.74) is 0.964. The number of hydrogen-bond donors (Lipinski definition) is 1. The summed E-state index contributed by atoms with van der Waals surface area (Å²) in [5, 5.41) is 0. The molecule has 0 heterocycles. The largest absolute Gasteiger partial charge is 0.493 e. The Kier molecular flexibility index (Phi) is 5.04. The maximum absolute atomic E-state index is 11.8. The van der Waals surface area contributed by atoms with Crippen LogP contribution in [0.25, 0.3) is 0 Å². The molecule has 0 aliphatic rings. The zero-order valence-corrected chi connectivity index (χ0v) is 10.3. The average molecular weight is 259 g/mol. The van der Waals surface area contributed by atoms with E-state index in [2.05, 4.69) is 0 Å². The summed E-state index contributed by atoms with van der Waals surface area (Å²) in [4.78, 5) is 10.7. The van der Waals surface area contributed by atoms with Gasteiger partial charge < -0.3 is 18.9 Å². The van der Waals surface area contributed by atoms with Crippen molar-refractivity contribution >= 4 is 5.91 Å². The molecule has 1 aromatic rings. The molecule has 1 rings (SSSR count). The first-order valence-corrected chi connectivity index (χ1v) is 4.98. The Morgan fingerprint density at radius 3 is 2.11 bits per heavy atom. The van der Waals surface area contributed by atoms with Gasteiger partial charge in [-0.25, -0.2) is 0 Å². The number of ether oxygens (including phenoxy) is 4. The summed E-state index contributed by atoms with van der Waals surface area (Å²) < 4.78 is 32.1. The third-order valence-electron chi connectivity index (χ3n) is 2.11. The molecule has 0 fully saturated rings. The minimum atomic E-state index is -0.885. The van der Waals surface area contributed by atoms with Crippen molar-refractivity contribution in [2.45, 2.75) is 0 Å². The summed E-state index contributed by atoms with van der Waals surface area (Å²) in [6.07, 6.45) is 0. The normalized spacial score (nSPS) is 9.56. The van der Waals surface area contributed by atoms with Gasteiger partial charge >= 0.3 is 0 Å². The molecule has 0 radical (unpaired) electrons. The molecule has 0 aliphatic carbocycles. The first kappa shape index (κ1) is 13.9. The van der Waals surface area contributed by atoms with Gasteiger partial charge in [-0.2, -0.15) is 5.54 Å². The van der Waals surface area contributed by atoms with Crippen molar-refractivity contribution < 1.29 is 28.2 Å². The van der Waals surface area contributed by atoms with Crippen molar-refractivity contribution in [2.24, 2.45) is 0 Å². The van der Waals surface area contributed by atoms with E-state index in [9.17, 15) is 9.28 Å². The molecule has 0 saturated heterocycles. The SMILES string of the molecule is COc1cc(OCC(=O)NF)cc(OC)c1OC. The first-order valence-electron chi connectivity index (χ1n) is 4.98. The number of hydrogen-bond acceptors (Lipinski definition) is 5. The number of rotatable bonds is 6. The molecule has 0 atom stereocenters. The van der Waals surface area contributed by atoms with Gasteiger partial charge in [-0.15, -0.1) is 4.48 Å². The fourth-order valence-corrected chi connectivity index (χ4v) is 1.32. The van der Waals surface area contributed by atoms with Crippen LogP contribution in [-0.2, 0) is 4.79 Å². The lowest BCUT2D eigenvalue weighted by molar-refractivity contribution is -0.127. The lowest BCUT2D eigenvalue weighted by Crippen LogP contribution is -2.21. The highest BCUT2D eigenvalue weighted by Gasteiger charge is 2.14. The number of carbonyl (C=O) groups is 1. The van der Waals surface area contributed by atoms with Crippen LogP contribution >= 0.6 is 0 Å². The Morgan fingerprint density at radius 1 is 1.17 bits per heavy atom. The van der Waals surface area contributed by atoms with E-state index in [-0.39, 0.29) is 0 Å². The van der Waals surface area contributed by atoms with E-state index in [0.717, 1.165) is 5.54 Å². The number of methoxy groups -OCH3 is 3. The number of benzene rings is 1. The van der Waals surface area contributed by atoms with Gasteiger partial charge in [-0.3, -0.25) is 4.79 Å². The summed E-state index contributed by atoms with van der Waals surface area (Å²) >= 11 is 0. The van der Waals surface area contributed by atoms with Gasteiger partial charge in [0.05, 0.1) is 21.3 Å². The van der Waals surface area contributed by atoms with E-state index >= 15 is 0 Å². The summed E-state index contributed by atoms with van der Waals surface area (Å²) in [6.45, 7) is -0.449. The third-order valence-corrected chi connectivity index (χ3v) is 2.11. The van der Waals surface area contributed by atoms with Crippen molar-refractivity contribution in [1.82, 2.24) is 5.54 Å². The van der Waals surface area contributed by atoms with Crippen LogP contribution in [0.5, 0.6) is 23.0 Å². The lowest BCUT2D eigenvalue weighted by atomic mass is 10.2. The molecular weight excluding hydrogens is 245 g/mol. The second-order valence-electron chi connectivity index (χ2n) is 3.17. The fourth-order valence-electron chi connectivity index (χ4n) is 1.32. The molecule has 0 bridgehead atoms. The Balaban J connectivity index is 2.96. The predicted octanol–water partition coefficient (Wildman–Crippen LogP) is 1.09. The second-order valence-corrected chi connectivity index (χ2v) is 3.17. The molecule has 7 heteroatoms. The van der Waals surface area contributed by atoms with Crippen molar-refractivity contribution in [3.63, 3.8) is 0 Å². The predicted molar refractivity (Wildman–Crippen MR) is 60.8 cm³/mol. The average Bonchev–Trinajstić information content (AvgIpc) is 2.43. The van der Waals surface area contributed by atoms with Crippen molar-refractivity contribution in [1.29, 1.82) is 0 Å². The van der Waals surface area contributed by atoms with Crippen LogP contribution in [-0.4, -0.2) is 33.8 Å². The molecule has 1 aromatic carbocycles. The molecule has 0 spiro atoms. The Hall–Kier alpha value is -2.18. The lowest BCUT2D eigenvalue weighted by Gasteiger charge is -2.14. The fraction of sp³-hybridized carbons (Fsp3) is 0.364. The zero-order chi connectivity index (χ0) is 13.5. The van der Waals surface area contributed by atoms with E-state index in [1.54, 1.807) is 0 Å². The van der Waals surface area contributed by atoms with E-state index in [4.69, 9.17) is 18.9 Å². The number of carbonyl (C=O) groups excluding carboxylic acids is 1. The van der Waals surface area contributed by atoms with Gasteiger partial charge in [0.2, 0.25) is 5.75 Å². The van der Waals surface area contributed by atoms with Crippen molar-refractivity contribution in [3.05, 3.63) is 12.1 Å². The molecule has 1 N–H and O–H groups in total. The third kappa shape index (κ3) is 3.16. The quantitative estimate of drug-likeness (QED) is 0.775. The van der Waals surface area contributed by atoms with Gasteiger partial charge in [0.15, 0.2) is 18.1 Å². The second kappa shape index (κ2) is 6.53. The van der Waals surface area contributed by atoms with Gasteiger partial charge in [-0.05, 0) is 0 Å². The van der Waals surface area contributed by atoms with Crippen LogP contribution in [0.3, 0.4) is 0 Å². The molecule has 0 aromatic heterocycles. The molecule has 18 heavy (non-hydrogen) atoms. The van der Waals surface area contributed by atoms with Crippen LogP contribution in [0.2, 0.25) is 0 Å². The number of amides is 1. The topological polar surface area (TPSA) is 66.0 Å². The molecule has 0 aliphatic heterocycles. The molecule has 1 amide bonds. The van der Waals surface area contributed by atoms with Gasteiger partial charge in [0.25, 0.3) is 5.91 Å². The van der Waals surface area contributed by atoms with Crippen LogP contribution in [0.15, 0.2) is 12.1 Å². The van der Waals surface area contributed by atoms with Gasteiger partial charge in [-0.1, -0.05) is 0 Å². The monoisotopic (exact) mass is 259 g/mol. The molecule has 0 saturated carbocycles. The minimum absolute atomic E-state index is 0.299. The summed E-state index contributed by atoms with van der Waals surface area (Å²) in [7, 11) is 4.38. The first-order chi connectivity index (χ1) is 8.65. The highest BCUT2D eigenvalue weighted by atomic mass is 19.2. The Labute approximate surface area is 104 Å². The molecule has 100 valence electrons. The van der Waals surface area contributed by atoms with E-state index in [1.807, 2.05) is 0 Å². The molecular formula is C11H14FNO5. The molecule has 0 unspecified atom stereocenters. The Bertz CT molecular complexity index is 399. The number of halogens is 1. The number of nitrogens with one attached hydrogen (secondary N) is 1.